The molecule has 1 saturated carbocycles. The van der Waals surface area contributed by atoms with Gasteiger partial charge in [0.25, 0.3) is 5.69 Å². The summed E-state index contributed by atoms with van der Waals surface area (Å²) >= 11 is 0. The Hall–Kier alpha value is -2.98. The molecule has 2 fully saturated rings. The van der Waals surface area contributed by atoms with Crippen LogP contribution in [0.5, 0.6) is 0 Å². The fourth-order valence-corrected chi connectivity index (χ4v) is 5.19. The van der Waals surface area contributed by atoms with E-state index in [1.54, 1.807) is 19.1 Å². The molecule has 34 heavy (non-hydrogen) atoms. The van der Waals surface area contributed by atoms with Gasteiger partial charge in [0.2, 0.25) is 0 Å². The van der Waals surface area contributed by atoms with E-state index in [-0.39, 0.29) is 12.3 Å². The minimum absolute atomic E-state index is 0.0539. The van der Waals surface area contributed by atoms with Crippen molar-refractivity contribution in [2.75, 3.05) is 39.3 Å². The van der Waals surface area contributed by atoms with Crippen LogP contribution in [0, 0.1) is 10.1 Å². The Bertz CT molecular complexity index is 934. The molecule has 0 bridgehead atoms. The van der Waals surface area contributed by atoms with E-state index in [9.17, 15) is 19.7 Å². The lowest BCUT2D eigenvalue weighted by molar-refractivity contribution is -0.384. The standard InChI is InChI=1S/C24H33N5O5/c1-2-34-23(30)21-20(16-27-12-14-28(15-13-27)18-6-4-3-5-7-18)25-24(31)26-22(21)17-8-10-19(11-9-17)29(32)33/h8-11,18,22H,2-7,12-16H2,1H3,(H2,25,26,31)/t22-/m0/s1. The van der Waals surface area contributed by atoms with Gasteiger partial charge in [-0.1, -0.05) is 19.3 Å². The highest BCUT2D eigenvalue weighted by Crippen LogP contribution is 2.30. The number of nitro benzene ring substituents is 1. The highest BCUT2D eigenvalue weighted by Gasteiger charge is 2.35. The number of hydrogen-bond acceptors (Lipinski definition) is 7. The highest BCUT2D eigenvalue weighted by molar-refractivity contribution is 5.95. The Kier molecular flexibility index (Phi) is 7.79. The summed E-state index contributed by atoms with van der Waals surface area (Å²) in [7, 11) is 0. The van der Waals surface area contributed by atoms with Crippen molar-refractivity contribution in [2.24, 2.45) is 0 Å². The molecule has 2 aliphatic heterocycles. The molecule has 1 aromatic carbocycles. The van der Waals surface area contributed by atoms with Gasteiger partial charge in [-0.3, -0.25) is 19.9 Å². The first kappa shape index (κ1) is 24.2. The average Bonchev–Trinajstić information content (AvgIpc) is 2.85. The number of urea groups is 1. The normalized spacial score (nSPS) is 22.7. The third-order valence-corrected chi connectivity index (χ3v) is 6.97. The van der Waals surface area contributed by atoms with Crippen molar-refractivity contribution in [1.82, 2.24) is 20.4 Å². The van der Waals surface area contributed by atoms with E-state index in [1.807, 2.05) is 0 Å². The molecule has 10 nitrogen and oxygen atoms in total. The van der Waals surface area contributed by atoms with Crippen LogP contribution >= 0.6 is 0 Å². The first-order chi connectivity index (χ1) is 16.5. The van der Waals surface area contributed by atoms with Crippen molar-refractivity contribution < 1.29 is 19.2 Å². The monoisotopic (exact) mass is 471 g/mol. The van der Waals surface area contributed by atoms with Crippen LogP contribution in [0.15, 0.2) is 35.5 Å². The molecule has 0 aromatic heterocycles. The number of piperazine rings is 1. The highest BCUT2D eigenvalue weighted by atomic mass is 16.6. The van der Waals surface area contributed by atoms with E-state index in [1.165, 1.54) is 44.2 Å². The van der Waals surface area contributed by atoms with Crippen molar-refractivity contribution in [3.05, 3.63) is 51.2 Å². The molecule has 1 aromatic rings. The molecule has 2 heterocycles. The number of hydrogen-bond donors (Lipinski definition) is 2. The van der Waals surface area contributed by atoms with Crippen molar-refractivity contribution in [3.8, 4) is 0 Å². The lowest BCUT2D eigenvalue weighted by Crippen LogP contribution is -2.53. The van der Waals surface area contributed by atoms with Crippen LogP contribution < -0.4 is 10.6 Å². The first-order valence-corrected chi connectivity index (χ1v) is 12.1. The lowest BCUT2D eigenvalue weighted by Gasteiger charge is -2.41. The smallest absolute Gasteiger partial charge is 0.338 e. The fourth-order valence-electron chi connectivity index (χ4n) is 5.19. The number of benzene rings is 1. The van der Waals surface area contributed by atoms with Crippen LogP contribution in [0.25, 0.3) is 0 Å². The number of nitrogens with one attached hydrogen (secondary N) is 2. The Morgan fingerprint density at radius 2 is 1.79 bits per heavy atom. The van der Waals surface area contributed by atoms with E-state index < -0.39 is 23.0 Å². The van der Waals surface area contributed by atoms with E-state index in [0.717, 1.165) is 26.2 Å². The van der Waals surface area contributed by atoms with Crippen molar-refractivity contribution >= 4 is 17.7 Å². The molecule has 1 saturated heterocycles. The number of esters is 1. The Morgan fingerprint density at radius 1 is 1.12 bits per heavy atom. The van der Waals surface area contributed by atoms with Crippen LogP contribution in [0.4, 0.5) is 10.5 Å². The molecular formula is C24H33N5O5. The van der Waals surface area contributed by atoms with Crippen molar-refractivity contribution in [3.63, 3.8) is 0 Å². The first-order valence-electron chi connectivity index (χ1n) is 12.1. The van der Waals surface area contributed by atoms with Gasteiger partial charge in [-0.2, -0.15) is 0 Å². The number of non-ortho nitro benzene ring substituents is 1. The van der Waals surface area contributed by atoms with Crippen LogP contribution in [-0.2, 0) is 9.53 Å². The van der Waals surface area contributed by atoms with Gasteiger partial charge < -0.3 is 15.4 Å². The third-order valence-electron chi connectivity index (χ3n) is 6.97. The number of amides is 2. The summed E-state index contributed by atoms with van der Waals surface area (Å²) in [5, 5.41) is 16.6. The Balaban J connectivity index is 1.53. The van der Waals surface area contributed by atoms with Crippen molar-refractivity contribution in [2.45, 2.75) is 51.1 Å². The van der Waals surface area contributed by atoms with Gasteiger partial charge in [0, 0.05) is 56.6 Å². The van der Waals surface area contributed by atoms with Gasteiger partial charge in [0.1, 0.15) is 0 Å². The zero-order chi connectivity index (χ0) is 24.1. The van der Waals surface area contributed by atoms with Gasteiger partial charge in [0.05, 0.1) is 23.1 Å². The SMILES string of the molecule is CCOC(=O)C1=C(CN2CCN(C3CCCCC3)CC2)NC(=O)N[C@H]1c1ccc([N+](=O)[O-])cc1. The molecule has 1 aliphatic carbocycles. The second-order valence-corrected chi connectivity index (χ2v) is 9.10. The summed E-state index contributed by atoms with van der Waals surface area (Å²) < 4.78 is 5.32. The van der Waals surface area contributed by atoms with E-state index in [4.69, 9.17) is 4.74 Å². The molecule has 0 unspecified atom stereocenters. The van der Waals surface area contributed by atoms with E-state index in [0.29, 0.717) is 29.4 Å². The summed E-state index contributed by atoms with van der Waals surface area (Å²) in [6.07, 6.45) is 6.51. The third kappa shape index (κ3) is 5.56. The molecule has 4 rings (SSSR count). The van der Waals surface area contributed by atoms with Gasteiger partial charge in [-0.25, -0.2) is 9.59 Å². The second-order valence-electron chi connectivity index (χ2n) is 9.10. The lowest BCUT2D eigenvalue weighted by atomic mass is 9.93. The van der Waals surface area contributed by atoms with E-state index in [2.05, 4.69) is 20.4 Å². The van der Waals surface area contributed by atoms with Crippen LogP contribution in [-0.4, -0.2) is 72.1 Å². The molecule has 2 amide bonds. The molecule has 184 valence electrons. The number of ether oxygens (including phenoxy) is 1. The summed E-state index contributed by atoms with van der Waals surface area (Å²) in [6.45, 7) is 6.05. The maximum Gasteiger partial charge on any atom is 0.338 e. The predicted molar refractivity (Wildman–Crippen MR) is 126 cm³/mol. The molecule has 0 radical (unpaired) electrons. The number of nitro groups is 1. The molecular weight excluding hydrogens is 438 g/mol. The van der Waals surface area contributed by atoms with Crippen LogP contribution in [0.2, 0.25) is 0 Å². The topological polar surface area (TPSA) is 117 Å². The zero-order valence-corrected chi connectivity index (χ0v) is 19.6. The van der Waals surface area contributed by atoms with Crippen molar-refractivity contribution in [1.29, 1.82) is 0 Å². The van der Waals surface area contributed by atoms with Gasteiger partial charge in [0.15, 0.2) is 0 Å². The van der Waals surface area contributed by atoms with Gasteiger partial charge in [-0.05, 0) is 37.5 Å². The molecule has 0 spiro atoms. The summed E-state index contributed by atoms with van der Waals surface area (Å²) in [6, 6.07) is 5.39. The Morgan fingerprint density at radius 3 is 2.41 bits per heavy atom. The second kappa shape index (κ2) is 11.0. The molecule has 10 heteroatoms. The zero-order valence-electron chi connectivity index (χ0n) is 19.6. The number of carbonyl (C=O) groups excluding carboxylic acids is 2. The molecule has 3 aliphatic rings. The molecule has 2 N–H and O–H groups in total. The van der Waals surface area contributed by atoms with Crippen LogP contribution in [0.3, 0.4) is 0 Å². The number of nitrogens with zero attached hydrogens (tertiary/aromatic N) is 3. The quantitative estimate of drug-likeness (QED) is 0.357. The summed E-state index contributed by atoms with van der Waals surface area (Å²) in [4.78, 5) is 40.9. The maximum absolute atomic E-state index is 13.0. The van der Waals surface area contributed by atoms with E-state index >= 15 is 0 Å². The fraction of sp³-hybridized carbons (Fsp3) is 0.583. The van der Waals surface area contributed by atoms with Gasteiger partial charge in [-0.15, -0.1) is 0 Å². The number of carbonyl (C=O) groups is 2. The molecule has 1 atom stereocenters. The predicted octanol–water partition coefficient (Wildman–Crippen LogP) is 2.72. The minimum Gasteiger partial charge on any atom is -0.463 e. The summed E-state index contributed by atoms with van der Waals surface area (Å²) in [5.74, 6) is -0.505. The number of rotatable bonds is 7. The largest absolute Gasteiger partial charge is 0.463 e. The minimum atomic E-state index is -0.743. The Labute approximate surface area is 199 Å². The van der Waals surface area contributed by atoms with Crippen LogP contribution in [0.1, 0.15) is 50.6 Å². The summed E-state index contributed by atoms with van der Waals surface area (Å²) in [5.41, 5.74) is 1.39. The average molecular weight is 472 g/mol. The van der Waals surface area contributed by atoms with Gasteiger partial charge >= 0.3 is 12.0 Å². The maximum atomic E-state index is 13.0.